The first-order valence-electron chi connectivity index (χ1n) is 22.3. The third-order valence-electron chi connectivity index (χ3n) is 12.1. The molecule has 0 aliphatic carbocycles. The van der Waals surface area contributed by atoms with Crippen LogP contribution in [0.25, 0.3) is 72.6 Å². The Bertz CT molecular complexity index is 2940. The fourth-order valence-corrected chi connectivity index (χ4v) is 10.6. The van der Waals surface area contributed by atoms with Gasteiger partial charge in [-0.1, -0.05) is 89.4 Å². The number of imidazole rings is 1. The zero-order valence-electron chi connectivity index (χ0n) is 38.3. The maximum absolute atomic E-state index is 6.28. The van der Waals surface area contributed by atoms with Gasteiger partial charge < -0.3 is 8.98 Å². The molecule has 5 nitrogen and oxygen atoms in total. The van der Waals surface area contributed by atoms with Crippen molar-refractivity contribution in [3.05, 3.63) is 162 Å². The number of aromatic nitrogens is 4. The molecule has 1 radical (unpaired) electrons. The van der Waals surface area contributed by atoms with Crippen LogP contribution in [0.3, 0.4) is 0 Å². The molecule has 4 aromatic heterocycles. The van der Waals surface area contributed by atoms with Crippen LogP contribution < -0.4 is 4.40 Å². The molecular weight excluding hydrogens is 1010 g/mol. The summed E-state index contributed by atoms with van der Waals surface area (Å²) in [5.74, 6) is 9.07. The van der Waals surface area contributed by atoms with Crippen LogP contribution in [0.5, 0.6) is 0 Å². The van der Waals surface area contributed by atoms with E-state index in [1.54, 1.807) is 0 Å². The van der Waals surface area contributed by atoms with Gasteiger partial charge in [0.25, 0.3) is 0 Å². The standard InChI is InChI=1S/C41H40N3O.C15H18GeN.Ir/c1-7-27(8-2)35-20-19-31-34-22-29(18-21-38(34)45-41(31)43-35)40-42-36-16-12-13-17-37(36)44(40)39-32(25(3)4)23-30(24-33(39)26(5)6)28-14-10-9-11-15-28;1-12-5-7-13(8-6-12)15-10-9-14(11-17-15)16(2,3)4;/h9-17,19-27H,7-8H2,1-6H3;5-7,9-11H,1-4H3;/q2*-1;. The van der Waals surface area contributed by atoms with Gasteiger partial charge in [-0.05, 0) is 83.3 Å². The number of aryl methyl sites for hydroxylation is 1. The van der Waals surface area contributed by atoms with Crippen molar-refractivity contribution in [2.45, 2.75) is 96.3 Å². The van der Waals surface area contributed by atoms with E-state index in [1.165, 1.54) is 37.9 Å². The fraction of sp³-hybridized carbons (Fsp3) is 0.268. The smallest absolute Gasteiger partial charge is 0 e. The van der Waals surface area contributed by atoms with Crippen LogP contribution in [0.4, 0.5) is 0 Å². The van der Waals surface area contributed by atoms with Gasteiger partial charge in [-0.15, -0.1) is 23.8 Å². The second kappa shape index (κ2) is 19.3. The number of para-hydroxylation sites is 2. The van der Waals surface area contributed by atoms with Gasteiger partial charge in [0.2, 0.25) is 5.71 Å². The second-order valence-electron chi connectivity index (χ2n) is 18.2. The van der Waals surface area contributed by atoms with Gasteiger partial charge in [-0.25, -0.2) is 4.98 Å². The van der Waals surface area contributed by atoms with Gasteiger partial charge in [-0.2, -0.15) is 0 Å². The topological polar surface area (TPSA) is 56.7 Å². The van der Waals surface area contributed by atoms with Gasteiger partial charge >= 0.3 is 106 Å². The number of hydrogen-bond donors (Lipinski definition) is 0. The quantitative estimate of drug-likeness (QED) is 0.101. The van der Waals surface area contributed by atoms with E-state index in [4.69, 9.17) is 14.4 Å². The Kier molecular flexibility index (Phi) is 14.1. The number of furan rings is 1. The molecule has 0 saturated heterocycles. The third-order valence-corrected chi connectivity index (χ3v) is 16.4. The van der Waals surface area contributed by atoms with E-state index in [2.05, 4.69) is 197 Å². The van der Waals surface area contributed by atoms with Crippen molar-refractivity contribution in [2.75, 3.05) is 0 Å². The Labute approximate surface area is 390 Å². The minimum atomic E-state index is -1.73. The van der Waals surface area contributed by atoms with Crippen LogP contribution in [-0.4, -0.2) is 32.8 Å². The molecular formula is C56H58GeIrN4O-2. The summed E-state index contributed by atoms with van der Waals surface area (Å²) in [4.78, 5) is 14.8. The van der Waals surface area contributed by atoms with E-state index in [1.807, 2.05) is 18.3 Å². The molecule has 0 aliphatic heterocycles. The molecule has 0 amide bonds. The molecule has 4 heterocycles. The third kappa shape index (κ3) is 9.55. The Morgan fingerprint density at radius 1 is 0.683 bits per heavy atom. The molecule has 0 unspecified atom stereocenters. The van der Waals surface area contributed by atoms with Crippen LogP contribution in [-0.2, 0) is 20.1 Å². The summed E-state index contributed by atoms with van der Waals surface area (Å²) in [5.41, 5.74) is 15.2. The van der Waals surface area contributed by atoms with Crippen molar-refractivity contribution < 1.29 is 24.5 Å². The zero-order valence-corrected chi connectivity index (χ0v) is 42.8. The molecule has 0 spiro atoms. The van der Waals surface area contributed by atoms with E-state index in [-0.39, 0.29) is 20.1 Å². The van der Waals surface area contributed by atoms with Crippen molar-refractivity contribution in [1.82, 2.24) is 19.5 Å². The second-order valence-corrected chi connectivity index (χ2v) is 28.9. The van der Waals surface area contributed by atoms with E-state index >= 15 is 0 Å². The van der Waals surface area contributed by atoms with Gasteiger partial charge in [0.05, 0.1) is 22.4 Å². The van der Waals surface area contributed by atoms with E-state index in [0.717, 1.165) is 68.6 Å². The molecule has 63 heavy (non-hydrogen) atoms. The van der Waals surface area contributed by atoms with Crippen molar-refractivity contribution in [3.8, 4) is 39.5 Å². The van der Waals surface area contributed by atoms with Crippen LogP contribution in [0.1, 0.15) is 94.5 Å². The zero-order chi connectivity index (χ0) is 43.7. The Morgan fingerprint density at radius 2 is 1.37 bits per heavy atom. The Hall–Kier alpha value is -5.14. The molecule has 0 N–H and O–H groups in total. The van der Waals surface area contributed by atoms with Crippen molar-refractivity contribution >= 4 is 50.8 Å². The predicted molar refractivity (Wildman–Crippen MR) is 264 cm³/mol. The number of pyridine rings is 2. The summed E-state index contributed by atoms with van der Waals surface area (Å²) >= 11 is -1.73. The minimum absolute atomic E-state index is 0. The molecule has 5 aromatic carbocycles. The monoisotopic (exact) mass is 1070 g/mol. The maximum Gasteiger partial charge on any atom is 0 e. The number of benzene rings is 5. The first-order valence-corrected chi connectivity index (χ1v) is 29.6. The molecule has 0 bridgehead atoms. The normalized spacial score (nSPS) is 11.8. The Balaban J connectivity index is 0.000000278. The molecule has 0 aliphatic rings. The van der Waals surface area contributed by atoms with Crippen LogP contribution in [0, 0.1) is 19.1 Å². The van der Waals surface area contributed by atoms with Gasteiger partial charge in [-0.3, -0.25) is 4.98 Å². The average Bonchev–Trinajstić information content (AvgIpc) is 3.85. The van der Waals surface area contributed by atoms with Gasteiger partial charge in [0, 0.05) is 42.8 Å². The maximum atomic E-state index is 6.28. The van der Waals surface area contributed by atoms with Gasteiger partial charge in [0.15, 0.2) is 0 Å². The van der Waals surface area contributed by atoms with Crippen LogP contribution in [0.2, 0.25) is 17.3 Å². The molecule has 9 aromatic rings. The summed E-state index contributed by atoms with van der Waals surface area (Å²) in [6.07, 6.45) is 4.17. The molecule has 9 rings (SSSR count). The number of rotatable bonds is 10. The predicted octanol–water partition coefficient (Wildman–Crippen LogP) is 15.0. The summed E-state index contributed by atoms with van der Waals surface area (Å²) in [5, 5.41) is 2.06. The number of fused-ring (bicyclic) bond motifs is 4. The summed E-state index contributed by atoms with van der Waals surface area (Å²) in [6.45, 7) is 15.7. The SMILES string of the molecule is CCC(CC)c1ccc2c(n1)oc1c[c-]c(-c3nc4ccccc4n3-c3c(C(C)C)cc(-c4ccccc4)cc3C(C)C)cc12.Cc1c[c-]c(-c2cc[c]([Ge]([CH3])([CH3])[CH3])cn2)cc1.[Ir]. The largest absolute Gasteiger partial charge is 0 e. The van der Waals surface area contributed by atoms with Crippen molar-refractivity contribution in [2.24, 2.45) is 0 Å². The van der Waals surface area contributed by atoms with Crippen LogP contribution in [0.15, 0.2) is 132 Å². The summed E-state index contributed by atoms with van der Waals surface area (Å²) < 4.78 is 10.1. The summed E-state index contributed by atoms with van der Waals surface area (Å²) in [6, 6.07) is 49.7. The van der Waals surface area contributed by atoms with E-state index in [0.29, 0.717) is 23.5 Å². The molecule has 7 heteroatoms. The van der Waals surface area contributed by atoms with E-state index < -0.39 is 13.3 Å². The molecule has 0 saturated carbocycles. The first-order chi connectivity index (χ1) is 29.8. The molecule has 0 atom stereocenters. The minimum Gasteiger partial charge on any atom is 0 e. The van der Waals surface area contributed by atoms with Crippen molar-refractivity contribution in [1.29, 1.82) is 0 Å². The number of hydrogen-bond acceptors (Lipinski definition) is 4. The van der Waals surface area contributed by atoms with Crippen molar-refractivity contribution in [3.63, 3.8) is 0 Å². The van der Waals surface area contributed by atoms with E-state index in [9.17, 15) is 0 Å². The van der Waals surface area contributed by atoms with Crippen LogP contribution >= 0.6 is 0 Å². The fourth-order valence-electron chi connectivity index (χ4n) is 8.39. The molecule has 0 fully saturated rings. The van der Waals surface area contributed by atoms with Gasteiger partial charge in [0.1, 0.15) is 0 Å². The molecule has 323 valence electrons. The summed E-state index contributed by atoms with van der Waals surface area (Å²) in [7, 11) is 0. The average molecular weight is 1070 g/mol. The first kappa shape index (κ1) is 45.9. The number of nitrogens with zero attached hydrogens (tertiary/aromatic N) is 4. The Morgan fingerprint density at radius 3 is 1.98 bits per heavy atom.